The van der Waals surface area contributed by atoms with Crippen LogP contribution >= 0.6 is 0 Å². The number of ether oxygens (including phenoxy) is 3. The quantitative estimate of drug-likeness (QED) is 0.238. The molecule has 0 saturated carbocycles. The van der Waals surface area contributed by atoms with Crippen LogP contribution in [0.15, 0.2) is 37.4 Å². The molecule has 0 aliphatic carbocycles. The second kappa shape index (κ2) is 12.1. The Kier molecular flexibility index (Phi) is 9.19. The fourth-order valence-electron chi connectivity index (χ4n) is 4.68. The molecule has 206 valence electrons. The van der Waals surface area contributed by atoms with Gasteiger partial charge in [-0.3, -0.25) is 9.69 Å². The molecule has 0 bridgehead atoms. The van der Waals surface area contributed by atoms with E-state index in [1.165, 1.54) is 12.0 Å². The highest BCUT2D eigenvalue weighted by Gasteiger charge is 2.47. The zero-order valence-electron chi connectivity index (χ0n) is 22.5. The van der Waals surface area contributed by atoms with E-state index in [4.69, 9.17) is 14.2 Å². The molecule has 1 aromatic rings. The van der Waals surface area contributed by atoms with Crippen molar-refractivity contribution in [2.24, 2.45) is 5.41 Å². The highest BCUT2D eigenvalue weighted by atomic mass is 16.6. The van der Waals surface area contributed by atoms with Gasteiger partial charge in [-0.2, -0.15) is 0 Å². The van der Waals surface area contributed by atoms with Gasteiger partial charge in [0.25, 0.3) is 0 Å². The van der Waals surface area contributed by atoms with Gasteiger partial charge >= 0.3 is 18.2 Å². The number of rotatable bonds is 8. The number of likely N-dealkylation sites (tertiary alicyclic amines) is 1. The lowest BCUT2D eigenvalue weighted by molar-refractivity contribution is -0.152. The number of methoxy groups -OCH3 is 1. The Morgan fingerprint density at radius 2 is 1.92 bits per heavy atom. The summed E-state index contributed by atoms with van der Waals surface area (Å²) in [6, 6.07) is 3.86. The number of carbonyl (C=O) groups excluding carboxylic acids is 4. The lowest BCUT2D eigenvalue weighted by Gasteiger charge is -2.34. The van der Waals surface area contributed by atoms with Crippen molar-refractivity contribution in [3.63, 3.8) is 0 Å². The maximum Gasteiger partial charge on any atom is 0.410 e. The lowest BCUT2D eigenvalue weighted by atomic mass is 9.85. The third kappa shape index (κ3) is 6.54. The first-order valence-electron chi connectivity index (χ1n) is 12.6. The zero-order valence-corrected chi connectivity index (χ0v) is 22.5. The molecule has 10 heteroatoms. The summed E-state index contributed by atoms with van der Waals surface area (Å²) in [5, 5.41) is 2.63. The Hall–Kier alpha value is -3.82. The van der Waals surface area contributed by atoms with E-state index in [1.54, 1.807) is 37.8 Å². The molecule has 0 radical (unpaired) electrons. The number of fused-ring (bicyclic) bond motifs is 1. The largest absolute Gasteiger partial charge is 0.467 e. The van der Waals surface area contributed by atoms with Crippen molar-refractivity contribution in [3.05, 3.63) is 54.1 Å². The third-order valence-corrected chi connectivity index (χ3v) is 6.71. The minimum atomic E-state index is -0.995. The number of alkyl carbamates (subject to hydrolysis) is 1. The van der Waals surface area contributed by atoms with E-state index >= 15 is 0 Å². The van der Waals surface area contributed by atoms with Crippen LogP contribution in [0.4, 0.5) is 9.59 Å². The summed E-state index contributed by atoms with van der Waals surface area (Å²) in [5.74, 6) is -1.11. The number of benzene rings is 1. The average molecular weight is 528 g/mol. The van der Waals surface area contributed by atoms with Gasteiger partial charge < -0.3 is 24.4 Å². The highest BCUT2D eigenvalue weighted by molar-refractivity contribution is 5.91. The van der Waals surface area contributed by atoms with Crippen LogP contribution in [0.5, 0.6) is 0 Å². The van der Waals surface area contributed by atoms with E-state index in [9.17, 15) is 19.2 Å². The van der Waals surface area contributed by atoms with E-state index < -0.39 is 47.7 Å². The van der Waals surface area contributed by atoms with Gasteiger partial charge in [-0.25, -0.2) is 14.4 Å². The van der Waals surface area contributed by atoms with E-state index in [0.717, 1.165) is 16.7 Å². The summed E-state index contributed by atoms with van der Waals surface area (Å²) < 4.78 is 15.8. The van der Waals surface area contributed by atoms with Crippen molar-refractivity contribution >= 4 is 30.1 Å². The summed E-state index contributed by atoms with van der Waals surface area (Å²) in [5.41, 5.74) is 2.31. The summed E-state index contributed by atoms with van der Waals surface area (Å²) in [7, 11) is 1.24. The van der Waals surface area contributed by atoms with Gasteiger partial charge in [0.15, 0.2) is 0 Å². The summed E-state index contributed by atoms with van der Waals surface area (Å²) in [6.07, 6.45) is 1.93. The fourth-order valence-corrected chi connectivity index (χ4v) is 4.68. The van der Waals surface area contributed by atoms with Gasteiger partial charge in [0.1, 0.15) is 18.2 Å². The maximum atomic E-state index is 13.7. The Bertz CT molecular complexity index is 1090. The van der Waals surface area contributed by atoms with Crippen LogP contribution in [0.25, 0.3) is 6.08 Å². The first-order chi connectivity index (χ1) is 18.0. The molecule has 1 fully saturated rings. The molecule has 3 atom stereocenters. The summed E-state index contributed by atoms with van der Waals surface area (Å²) >= 11 is 0. The second-order valence-corrected chi connectivity index (χ2v) is 10.5. The fraction of sp³-hybridized carbons (Fsp3) is 0.500. The average Bonchev–Trinajstić information content (AvgIpc) is 3.50. The van der Waals surface area contributed by atoms with Crippen molar-refractivity contribution < 1.29 is 33.4 Å². The molecule has 1 saturated heterocycles. The molecule has 2 aliphatic heterocycles. The summed E-state index contributed by atoms with van der Waals surface area (Å²) in [4.78, 5) is 54.6. The summed E-state index contributed by atoms with van der Waals surface area (Å²) in [6.45, 7) is 13.7. The van der Waals surface area contributed by atoms with Crippen LogP contribution in [0.1, 0.15) is 50.3 Å². The smallest absolute Gasteiger partial charge is 0.410 e. The molecule has 10 nitrogen and oxygen atoms in total. The molecule has 3 amide bonds. The first kappa shape index (κ1) is 28.7. The molecule has 0 unspecified atom stereocenters. The Morgan fingerprint density at radius 3 is 2.55 bits per heavy atom. The van der Waals surface area contributed by atoms with Crippen LogP contribution in [-0.4, -0.2) is 72.3 Å². The molecule has 38 heavy (non-hydrogen) atoms. The molecule has 0 spiro atoms. The van der Waals surface area contributed by atoms with E-state index in [0.29, 0.717) is 19.5 Å². The maximum absolute atomic E-state index is 13.7. The van der Waals surface area contributed by atoms with Crippen LogP contribution in [0.3, 0.4) is 0 Å². The van der Waals surface area contributed by atoms with Crippen molar-refractivity contribution in [2.45, 2.75) is 64.9 Å². The van der Waals surface area contributed by atoms with Crippen LogP contribution in [0.2, 0.25) is 0 Å². The SMILES string of the molecule is C=CCCOC(=O)N[C@H](C(=O)N1C[C@H](OC(=O)N2Cc3cccc(C=C)c3C2)C[C@H]1C(=O)OC)C(C)(C)C. The van der Waals surface area contributed by atoms with Gasteiger partial charge in [0, 0.05) is 13.0 Å². The van der Waals surface area contributed by atoms with E-state index in [1.807, 2.05) is 18.2 Å². The van der Waals surface area contributed by atoms with Crippen molar-refractivity contribution in [1.29, 1.82) is 0 Å². The number of carbonyl (C=O) groups is 4. The number of hydrogen-bond donors (Lipinski definition) is 1. The molecule has 2 heterocycles. The molecular weight excluding hydrogens is 490 g/mol. The normalized spacial score (nSPS) is 19.3. The first-order valence-corrected chi connectivity index (χ1v) is 12.6. The van der Waals surface area contributed by atoms with Gasteiger partial charge in [-0.05, 0) is 28.5 Å². The number of nitrogens with one attached hydrogen (secondary N) is 1. The topological polar surface area (TPSA) is 114 Å². The lowest BCUT2D eigenvalue weighted by Crippen LogP contribution is -2.57. The van der Waals surface area contributed by atoms with Gasteiger partial charge in [-0.1, -0.05) is 57.7 Å². The predicted octanol–water partition coefficient (Wildman–Crippen LogP) is 3.64. The minimum Gasteiger partial charge on any atom is -0.467 e. The van der Waals surface area contributed by atoms with Gasteiger partial charge in [-0.15, -0.1) is 6.58 Å². The standard InChI is InChI=1S/C28H37N3O7/c1-7-9-13-37-26(34)29-23(28(3,4)5)24(32)31-16-20(14-22(31)25(33)36-6)38-27(35)30-15-19-12-10-11-18(8-2)21(19)17-30/h7-8,10-12,20,22-23H,1-2,9,13-17H2,3-6H3,(H,29,34)/t20-,22+,23-/m1/s1. The highest BCUT2D eigenvalue weighted by Crippen LogP contribution is 2.30. The van der Waals surface area contributed by atoms with E-state index in [2.05, 4.69) is 18.5 Å². The minimum absolute atomic E-state index is 0.0111. The van der Waals surface area contributed by atoms with Gasteiger partial charge in [0.05, 0.1) is 26.8 Å². The molecule has 3 rings (SSSR count). The van der Waals surface area contributed by atoms with Crippen molar-refractivity contribution in [1.82, 2.24) is 15.1 Å². The number of amides is 3. The second-order valence-electron chi connectivity index (χ2n) is 10.5. The van der Waals surface area contributed by atoms with Crippen LogP contribution in [0, 0.1) is 5.41 Å². The molecule has 1 aromatic carbocycles. The number of nitrogens with zero attached hydrogens (tertiary/aromatic N) is 2. The number of esters is 1. The molecule has 2 aliphatic rings. The Labute approximate surface area is 223 Å². The third-order valence-electron chi connectivity index (χ3n) is 6.71. The van der Waals surface area contributed by atoms with Crippen LogP contribution in [-0.2, 0) is 36.9 Å². The molecule has 0 aromatic heterocycles. The Morgan fingerprint density at radius 1 is 1.18 bits per heavy atom. The zero-order chi connectivity index (χ0) is 28.0. The number of hydrogen-bond acceptors (Lipinski definition) is 7. The van der Waals surface area contributed by atoms with Crippen LogP contribution < -0.4 is 5.32 Å². The monoisotopic (exact) mass is 527 g/mol. The molecule has 1 N–H and O–H groups in total. The van der Waals surface area contributed by atoms with Gasteiger partial charge in [0.2, 0.25) is 5.91 Å². The van der Waals surface area contributed by atoms with Crippen molar-refractivity contribution in [3.8, 4) is 0 Å². The Balaban J connectivity index is 1.72. The van der Waals surface area contributed by atoms with E-state index in [-0.39, 0.29) is 19.6 Å². The predicted molar refractivity (Wildman–Crippen MR) is 141 cm³/mol. The molecular formula is C28H37N3O7. The van der Waals surface area contributed by atoms with Crippen molar-refractivity contribution in [2.75, 3.05) is 20.3 Å².